The molecule has 3 atom stereocenters. The van der Waals surface area contributed by atoms with E-state index in [1.54, 1.807) is 0 Å². The standard InChI is InChI=1S/C24H34N2O2/c1-17(2)24(28)26-14-20-9-10-22(23(20)15-26)19-7-5-18(6-8-19)11-13-25-12-3-4-21(25)16-27/h5-8,10,17,20-21,23,27H,3-4,9,11-16H2,1-2H3. The van der Waals surface area contributed by atoms with Gasteiger partial charge in [-0.1, -0.05) is 44.2 Å². The number of allylic oxidation sites excluding steroid dienone is 1. The molecule has 2 aliphatic heterocycles. The number of fused-ring (bicyclic) bond motifs is 1. The molecule has 0 radical (unpaired) electrons. The Morgan fingerprint density at radius 1 is 1.21 bits per heavy atom. The monoisotopic (exact) mass is 382 g/mol. The smallest absolute Gasteiger partial charge is 0.225 e. The Balaban J connectivity index is 1.36. The molecule has 2 saturated heterocycles. The van der Waals surface area contributed by atoms with Gasteiger partial charge in [0.05, 0.1) is 6.61 Å². The molecule has 152 valence electrons. The van der Waals surface area contributed by atoms with Crippen LogP contribution >= 0.6 is 0 Å². The summed E-state index contributed by atoms with van der Waals surface area (Å²) in [7, 11) is 0. The second-order valence-corrected chi connectivity index (χ2v) is 9.12. The second kappa shape index (κ2) is 8.38. The maximum atomic E-state index is 12.4. The lowest BCUT2D eigenvalue weighted by Gasteiger charge is -2.22. The summed E-state index contributed by atoms with van der Waals surface area (Å²) in [5.41, 5.74) is 4.13. The number of rotatable bonds is 6. The van der Waals surface area contributed by atoms with Gasteiger partial charge in [0.15, 0.2) is 0 Å². The Morgan fingerprint density at radius 3 is 2.71 bits per heavy atom. The zero-order valence-electron chi connectivity index (χ0n) is 17.3. The van der Waals surface area contributed by atoms with E-state index in [9.17, 15) is 9.90 Å². The highest BCUT2D eigenvalue weighted by molar-refractivity contribution is 5.80. The zero-order valence-corrected chi connectivity index (χ0v) is 17.3. The summed E-state index contributed by atoms with van der Waals surface area (Å²) in [5.74, 6) is 1.49. The van der Waals surface area contributed by atoms with Crippen molar-refractivity contribution < 1.29 is 9.90 Å². The van der Waals surface area contributed by atoms with E-state index in [2.05, 4.69) is 40.1 Å². The molecule has 4 nitrogen and oxygen atoms in total. The summed E-state index contributed by atoms with van der Waals surface area (Å²) >= 11 is 0. The van der Waals surface area contributed by atoms with Crippen LogP contribution in [0.1, 0.15) is 44.2 Å². The molecule has 0 spiro atoms. The van der Waals surface area contributed by atoms with Crippen LogP contribution in [0.5, 0.6) is 0 Å². The zero-order chi connectivity index (χ0) is 19.7. The first kappa shape index (κ1) is 19.7. The van der Waals surface area contributed by atoms with Gasteiger partial charge in [-0.15, -0.1) is 0 Å². The molecule has 0 aromatic heterocycles. The summed E-state index contributed by atoms with van der Waals surface area (Å²) in [6.45, 7) is 8.23. The number of amides is 1. The first-order chi connectivity index (χ1) is 13.6. The quantitative estimate of drug-likeness (QED) is 0.822. The summed E-state index contributed by atoms with van der Waals surface area (Å²) in [6, 6.07) is 9.42. The molecule has 4 rings (SSSR count). The summed E-state index contributed by atoms with van der Waals surface area (Å²) in [6.07, 6.45) is 6.87. The van der Waals surface area contributed by atoms with Crippen LogP contribution in [0, 0.1) is 17.8 Å². The minimum Gasteiger partial charge on any atom is -0.395 e. The minimum absolute atomic E-state index is 0.0894. The second-order valence-electron chi connectivity index (χ2n) is 9.12. The topological polar surface area (TPSA) is 43.8 Å². The molecule has 2 fully saturated rings. The largest absolute Gasteiger partial charge is 0.395 e. The average molecular weight is 383 g/mol. The molecule has 28 heavy (non-hydrogen) atoms. The fourth-order valence-corrected chi connectivity index (χ4v) is 5.30. The van der Waals surface area contributed by atoms with Gasteiger partial charge < -0.3 is 10.0 Å². The van der Waals surface area contributed by atoms with Gasteiger partial charge in [-0.3, -0.25) is 9.69 Å². The average Bonchev–Trinajstić information content (AvgIpc) is 3.41. The van der Waals surface area contributed by atoms with Crippen molar-refractivity contribution in [1.82, 2.24) is 9.80 Å². The van der Waals surface area contributed by atoms with Gasteiger partial charge >= 0.3 is 0 Å². The Kier molecular flexibility index (Phi) is 5.88. The van der Waals surface area contributed by atoms with Gasteiger partial charge in [0.1, 0.15) is 0 Å². The molecular formula is C24H34N2O2. The Morgan fingerprint density at radius 2 is 2.00 bits per heavy atom. The molecule has 0 bridgehead atoms. The van der Waals surface area contributed by atoms with Crippen molar-refractivity contribution in [3.63, 3.8) is 0 Å². The summed E-state index contributed by atoms with van der Waals surface area (Å²) in [4.78, 5) is 16.9. The molecule has 3 unspecified atom stereocenters. The number of carbonyl (C=O) groups excluding carboxylic acids is 1. The van der Waals surface area contributed by atoms with Crippen molar-refractivity contribution in [3.8, 4) is 0 Å². The van der Waals surface area contributed by atoms with Gasteiger partial charge in [-0.2, -0.15) is 0 Å². The van der Waals surface area contributed by atoms with E-state index in [1.165, 1.54) is 23.1 Å². The molecule has 0 saturated carbocycles. The molecule has 3 aliphatic rings. The third-order valence-corrected chi connectivity index (χ3v) is 6.97. The molecule has 2 heterocycles. The van der Waals surface area contributed by atoms with Crippen LogP contribution in [0.3, 0.4) is 0 Å². The minimum atomic E-state index is 0.0894. The highest BCUT2D eigenvalue weighted by Crippen LogP contribution is 2.43. The molecular weight excluding hydrogens is 348 g/mol. The molecule has 1 aromatic rings. The summed E-state index contributed by atoms with van der Waals surface area (Å²) < 4.78 is 0. The fourth-order valence-electron chi connectivity index (χ4n) is 5.30. The number of hydrogen-bond acceptors (Lipinski definition) is 3. The van der Waals surface area contributed by atoms with Crippen molar-refractivity contribution in [2.24, 2.45) is 17.8 Å². The Hall–Kier alpha value is -1.65. The van der Waals surface area contributed by atoms with E-state index in [0.29, 0.717) is 23.8 Å². The van der Waals surface area contributed by atoms with Crippen LogP contribution < -0.4 is 0 Å². The molecule has 1 aliphatic carbocycles. The van der Waals surface area contributed by atoms with Gasteiger partial charge in [0.2, 0.25) is 5.91 Å². The number of benzene rings is 1. The lowest BCUT2D eigenvalue weighted by atomic mass is 9.90. The predicted octanol–water partition coefficient (Wildman–Crippen LogP) is 3.20. The van der Waals surface area contributed by atoms with Gasteiger partial charge in [0.25, 0.3) is 0 Å². The highest BCUT2D eigenvalue weighted by Gasteiger charge is 2.40. The van der Waals surface area contributed by atoms with E-state index in [4.69, 9.17) is 0 Å². The number of hydrogen-bond donors (Lipinski definition) is 1. The number of aliphatic hydroxyl groups excluding tert-OH is 1. The van der Waals surface area contributed by atoms with Crippen molar-refractivity contribution in [1.29, 1.82) is 0 Å². The summed E-state index contributed by atoms with van der Waals surface area (Å²) in [5, 5.41) is 9.48. The Labute approximate surface area is 169 Å². The SMILES string of the molecule is CC(C)C(=O)N1CC2CC=C(c3ccc(CCN4CCCC4CO)cc3)C2C1. The van der Waals surface area contributed by atoms with Gasteiger partial charge in [0, 0.05) is 37.5 Å². The Bertz CT molecular complexity index is 725. The van der Waals surface area contributed by atoms with E-state index < -0.39 is 0 Å². The van der Waals surface area contributed by atoms with Gasteiger partial charge in [-0.05, 0) is 54.8 Å². The molecule has 1 amide bonds. The van der Waals surface area contributed by atoms with Crippen molar-refractivity contribution in [2.75, 3.05) is 32.8 Å². The van der Waals surface area contributed by atoms with E-state index in [0.717, 1.165) is 45.4 Å². The first-order valence-electron chi connectivity index (χ1n) is 11.0. The maximum Gasteiger partial charge on any atom is 0.225 e. The number of nitrogens with zero attached hydrogens (tertiary/aromatic N) is 2. The predicted molar refractivity (Wildman–Crippen MR) is 113 cm³/mol. The number of aliphatic hydroxyl groups is 1. The van der Waals surface area contributed by atoms with E-state index in [-0.39, 0.29) is 12.5 Å². The van der Waals surface area contributed by atoms with Crippen molar-refractivity contribution in [2.45, 2.75) is 45.6 Å². The third-order valence-electron chi connectivity index (χ3n) is 6.97. The number of likely N-dealkylation sites (tertiary alicyclic amines) is 2. The first-order valence-corrected chi connectivity index (χ1v) is 11.0. The lowest BCUT2D eigenvalue weighted by molar-refractivity contribution is -0.133. The van der Waals surface area contributed by atoms with Crippen LogP contribution in [0.4, 0.5) is 0 Å². The van der Waals surface area contributed by atoms with Crippen molar-refractivity contribution in [3.05, 3.63) is 41.5 Å². The number of carbonyl (C=O) groups is 1. The molecule has 4 heteroatoms. The fraction of sp³-hybridized carbons (Fsp3) is 0.625. The maximum absolute atomic E-state index is 12.4. The molecule has 1 aromatic carbocycles. The van der Waals surface area contributed by atoms with Crippen LogP contribution in [-0.2, 0) is 11.2 Å². The molecule has 1 N–H and O–H groups in total. The van der Waals surface area contributed by atoms with Crippen LogP contribution in [0.15, 0.2) is 30.3 Å². The highest BCUT2D eigenvalue weighted by atomic mass is 16.3. The van der Waals surface area contributed by atoms with Gasteiger partial charge in [-0.25, -0.2) is 0 Å². The van der Waals surface area contributed by atoms with Crippen LogP contribution in [0.2, 0.25) is 0 Å². The van der Waals surface area contributed by atoms with Crippen molar-refractivity contribution >= 4 is 11.5 Å². The third kappa shape index (κ3) is 3.90. The van der Waals surface area contributed by atoms with E-state index in [1.807, 2.05) is 13.8 Å². The normalized spacial score (nSPS) is 27.5. The van der Waals surface area contributed by atoms with Crippen LogP contribution in [-0.4, -0.2) is 59.6 Å². The van der Waals surface area contributed by atoms with E-state index >= 15 is 0 Å². The lowest BCUT2D eigenvalue weighted by Crippen LogP contribution is -2.33. The van der Waals surface area contributed by atoms with Crippen LogP contribution in [0.25, 0.3) is 5.57 Å².